The molecule has 1 aliphatic heterocycles. The number of nitrogens with zero attached hydrogens (tertiary/aromatic N) is 4. The average molecular weight is 258 g/mol. The van der Waals surface area contributed by atoms with Crippen LogP contribution in [0.3, 0.4) is 0 Å². The predicted octanol–water partition coefficient (Wildman–Crippen LogP) is 1.48. The van der Waals surface area contributed by atoms with Crippen LogP contribution in [0.2, 0.25) is 0 Å². The molecule has 1 saturated heterocycles. The number of hydrogen-bond donors (Lipinski definition) is 0. The van der Waals surface area contributed by atoms with E-state index in [0.717, 1.165) is 18.8 Å². The van der Waals surface area contributed by atoms with Gasteiger partial charge in [0, 0.05) is 0 Å². The summed E-state index contributed by atoms with van der Waals surface area (Å²) >= 11 is 0. The van der Waals surface area contributed by atoms with Crippen molar-refractivity contribution in [3.8, 4) is 5.69 Å². The monoisotopic (exact) mass is 258 g/mol. The van der Waals surface area contributed by atoms with Gasteiger partial charge in [-0.15, -0.1) is 0 Å². The quantitative estimate of drug-likeness (QED) is 0.837. The normalized spacial score (nSPS) is 16.6. The molecule has 0 aliphatic carbocycles. The summed E-state index contributed by atoms with van der Waals surface area (Å²) in [6.07, 6.45) is 5.33. The third-order valence-corrected chi connectivity index (χ3v) is 3.55. The molecule has 1 aromatic carbocycles. The van der Waals surface area contributed by atoms with E-state index < -0.39 is 0 Å². The Labute approximate surface area is 112 Å². The van der Waals surface area contributed by atoms with Crippen molar-refractivity contribution < 1.29 is 0 Å². The zero-order valence-corrected chi connectivity index (χ0v) is 10.9. The second-order valence-electron chi connectivity index (χ2n) is 4.94. The number of likely N-dealkylation sites (tertiary alicyclic amines) is 1. The molecule has 5 nitrogen and oxygen atoms in total. The van der Waals surface area contributed by atoms with E-state index in [-0.39, 0.29) is 5.69 Å². The maximum Gasteiger partial charge on any atom is 0.351 e. The summed E-state index contributed by atoms with van der Waals surface area (Å²) in [5, 5.41) is 4.21. The summed E-state index contributed by atoms with van der Waals surface area (Å²) in [4.78, 5) is 14.6. The molecule has 5 heteroatoms. The summed E-state index contributed by atoms with van der Waals surface area (Å²) in [6.45, 7) is 2.72. The highest BCUT2D eigenvalue weighted by molar-refractivity contribution is 5.30. The van der Waals surface area contributed by atoms with E-state index in [9.17, 15) is 4.79 Å². The molecule has 0 N–H and O–H groups in total. The van der Waals surface area contributed by atoms with Crippen LogP contribution >= 0.6 is 0 Å². The molecule has 0 bridgehead atoms. The van der Waals surface area contributed by atoms with Crippen molar-refractivity contribution in [2.75, 3.05) is 13.1 Å². The molecular weight excluding hydrogens is 240 g/mol. The first-order valence-electron chi connectivity index (χ1n) is 6.77. The van der Waals surface area contributed by atoms with Crippen LogP contribution in [-0.4, -0.2) is 32.3 Å². The topological polar surface area (TPSA) is 43.1 Å². The van der Waals surface area contributed by atoms with Gasteiger partial charge >= 0.3 is 5.69 Å². The lowest BCUT2D eigenvalue weighted by Gasteiger charge is -2.25. The molecule has 1 aromatic heterocycles. The number of benzene rings is 1. The molecule has 0 spiro atoms. The molecule has 0 unspecified atom stereocenters. The van der Waals surface area contributed by atoms with E-state index >= 15 is 0 Å². The van der Waals surface area contributed by atoms with Crippen LogP contribution in [0.5, 0.6) is 0 Å². The Bertz CT molecular complexity index is 581. The molecule has 0 radical (unpaired) electrons. The molecule has 0 amide bonds. The molecule has 19 heavy (non-hydrogen) atoms. The summed E-state index contributed by atoms with van der Waals surface area (Å²) in [5.41, 5.74) is 0.786. The summed E-state index contributed by atoms with van der Waals surface area (Å²) in [7, 11) is 0. The zero-order valence-electron chi connectivity index (χ0n) is 10.9. The fourth-order valence-electron chi connectivity index (χ4n) is 2.49. The number of hydrogen-bond acceptors (Lipinski definition) is 3. The van der Waals surface area contributed by atoms with Crippen molar-refractivity contribution in [3.05, 3.63) is 47.1 Å². The van der Waals surface area contributed by atoms with Crippen LogP contribution in [0.15, 0.2) is 41.5 Å². The highest BCUT2D eigenvalue weighted by atomic mass is 16.2. The second kappa shape index (κ2) is 5.40. The lowest BCUT2D eigenvalue weighted by atomic mass is 10.1. The Morgan fingerprint density at radius 3 is 2.53 bits per heavy atom. The van der Waals surface area contributed by atoms with Gasteiger partial charge in [0.2, 0.25) is 0 Å². The standard InChI is InChI=1S/C14H18N4O/c19-14-17(13-7-3-1-4-8-13)11-15-18(14)12-16-9-5-2-6-10-16/h1,3-4,7-8,11H,2,5-6,9-10,12H2. The smallest absolute Gasteiger partial charge is 0.284 e. The van der Waals surface area contributed by atoms with Gasteiger partial charge < -0.3 is 0 Å². The van der Waals surface area contributed by atoms with Crippen molar-refractivity contribution in [3.63, 3.8) is 0 Å². The van der Waals surface area contributed by atoms with Crippen LogP contribution < -0.4 is 5.69 Å². The van der Waals surface area contributed by atoms with Gasteiger partial charge in [-0.2, -0.15) is 9.78 Å². The lowest BCUT2D eigenvalue weighted by Crippen LogP contribution is -2.36. The van der Waals surface area contributed by atoms with E-state index in [2.05, 4.69) is 10.00 Å². The highest BCUT2D eigenvalue weighted by Crippen LogP contribution is 2.09. The zero-order chi connectivity index (χ0) is 13.1. The van der Waals surface area contributed by atoms with Crippen molar-refractivity contribution in [2.45, 2.75) is 25.9 Å². The number of para-hydroxylation sites is 1. The highest BCUT2D eigenvalue weighted by Gasteiger charge is 2.13. The van der Waals surface area contributed by atoms with Crippen LogP contribution in [-0.2, 0) is 6.67 Å². The maximum atomic E-state index is 12.3. The SMILES string of the molecule is O=c1n(-c2ccccc2)cnn1CN1CCCCC1. The van der Waals surface area contributed by atoms with Crippen LogP contribution in [0.1, 0.15) is 19.3 Å². The van der Waals surface area contributed by atoms with Gasteiger partial charge in [-0.25, -0.2) is 9.36 Å². The molecule has 2 heterocycles. The van der Waals surface area contributed by atoms with Crippen molar-refractivity contribution in [1.29, 1.82) is 0 Å². The third kappa shape index (κ3) is 2.61. The molecule has 0 saturated carbocycles. The van der Waals surface area contributed by atoms with Crippen molar-refractivity contribution >= 4 is 0 Å². The Hall–Kier alpha value is -1.88. The molecule has 1 fully saturated rings. The predicted molar refractivity (Wildman–Crippen MR) is 73.2 cm³/mol. The minimum atomic E-state index is -0.0724. The largest absolute Gasteiger partial charge is 0.351 e. The van der Waals surface area contributed by atoms with E-state index in [1.165, 1.54) is 19.3 Å². The number of aromatic nitrogens is 3. The number of piperidine rings is 1. The Balaban J connectivity index is 1.81. The first-order valence-corrected chi connectivity index (χ1v) is 6.77. The third-order valence-electron chi connectivity index (χ3n) is 3.55. The summed E-state index contributed by atoms with van der Waals surface area (Å²) in [6, 6.07) is 9.60. The molecule has 2 aromatic rings. The second-order valence-corrected chi connectivity index (χ2v) is 4.94. The Morgan fingerprint density at radius 2 is 1.79 bits per heavy atom. The van der Waals surface area contributed by atoms with E-state index in [1.54, 1.807) is 15.6 Å². The summed E-state index contributed by atoms with van der Waals surface area (Å²) in [5.74, 6) is 0. The number of rotatable bonds is 3. The van der Waals surface area contributed by atoms with Gasteiger partial charge in [0.05, 0.1) is 12.4 Å². The fraction of sp³-hybridized carbons (Fsp3) is 0.429. The first-order chi connectivity index (χ1) is 9.34. The summed E-state index contributed by atoms with van der Waals surface area (Å²) < 4.78 is 3.13. The van der Waals surface area contributed by atoms with Gasteiger partial charge in [0.25, 0.3) is 0 Å². The van der Waals surface area contributed by atoms with Gasteiger partial charge in [-0.3, -0.25) is 4.90 Å². The maximum absolute atomic E-state index is 12.3. The fourth-order valence-corrected chi connectivity index (χ4v) is 2.49. The average Bonchev–Trinajstić information content (AvgIpc) is 2.82. The van der Waals surface area contributed by atoms with Gasteiger partial charge in [0.1, 0.15) is 6.33 Å². The first kappa shape index (κ1) is 12.2. The molecule has 100 valence electrons. The van der Waals surface area contributed by atoms with Crippen molar-refractivity contribution in [1.82, 2.24) is 19.2 Å². The molecule has 3 rings (SSSR count). The van der Waals surface area contributed by atoms with Gasteiger partial charge in [-0.05, 0) is 38.1 Å². The van der Waals surface area contributed by atoms with E-state index in [4.69, 9.17) is 0 Å². The lowest BCUT2D eigenvalue weighted by molar-refractivity contribution is 0.170. The minimum absolute atomic E-state index is 0.0724. The minimum Gasteiger partial charge on any atom is -0.284 e. The van der Waals surface area contributed by atoms with Crippen LogP contribution in [0.4, 0.5) is 0 Å². The Kier molecular flexibility index (Phi) is 3.46. The molecule has 0 atom stereocenters. The Morgan fingerprint density at radius 1 is 1.05 bits per heavy atom. The van der Waals surface area contributed by atoms with Crippen LogP contribution in [0, 0.1) is 0 Å². The van der Waals surface area contributed by atoms with E-state index in [1.807, 2.05) is 30.3 Å². The molecule has 1 aliphatic rings. The van der Waals surface area contributed by atoms with Gasteiger partial charge in [-0.1, -0.05) is 24.6 Å². The van der Waals surface area contributed by atoms with Crippen LogP contribution in [0.25, 0.3) is 5.69 Å². The van der Waals surface area contributed by atoms with E-state index in [0.29, 0.717) is 6.67 Å². The van der Waals surface area contributed by atoms with Crippen molar-refractivity contribution in [2.24, 2.45) is 0 Å². The molecular formula is C14H18N4O. The van der Waals surface area contributed by atoms with Gasteiger partial charge in [0.15, 0.2) is 0 Å².